The van der Waals surface area contributed by atoms with Crippen molar-refractivity contribution in [2.75, 3.05) is 13.6 Å². The lowest BCUT2D eigenvalue weighted by Crippen LogP contribution is -2.28. The first kappa shape index (κ1) is 13.2. The number of nitrogens with zero attached hydrogens (tertiary/aromatic N) is 1. The Morgan fingerprint density at radius 1 is 1.50 bits per heavy atom. The predicted octanol–water partition coefficient (Wildman–Crippen LogP) is 3.46. The summed E-state index contributed by atoms with van der Waals surface area (Å²) in [6.07, 6.45) is 1.95. The van der Waals surface area contributed by atoms with E-state index in [4.69, 9.17) is 0 Å². The summed E-state index contributed by atoms with van der Waals surface area (Å²) in [5.74, 6) is -0.749. The van der Waals surface area contributed by atoms with Crippen molar-refractivity contribution >= 4 is 21.8 Å². The van der Waals surface area contributed by atoms with Crippen molar-refractivity contribution < 1.29 is 9.18 Å². The van der Waals surface area contributed by atoms with E-state index >= 15 is 0 Å². The highest BCUT2D eigenvalue weighted by Crippen LogP contribution is 2.16. The number of hydrogen-bond donors (Lipinski definition) is 0. The number of halogens is 2. The fraction of sp³-hybridized carbons (Fsp3) is 0.417. The minimum absolute atomic E-state index is 0.127. The van der Waals surface area contributed by atoms with E-state index in [0.717, 1.165) is 12.8 Å². The molecule has 1 amide bonds. The molecule has 0 aliphatic rings. The number of hydrogen-bond acceptors (Lipinski definition) is 1. The molecule has 16 heavy (non-hydrogen) atoms. The minimum Gasteiger partial charge on any atom is -0.342 e. The third-order valence-electron chi connectivity index (χ3n) is 2.36. The SMILES string of the molecule is CCCCN(C)C(=O)c1ccc(Br)cc1F. The zero-order valence-corrected chi connectivity index (χ0v) is 11.1. The first-order chi connectivity index (χ1) is 7.56. The summed E-state index contributed by atoms with van der Waals surface area (Å²) >= 11 is 3.16. The maximum Gasteiger partial charge on any atom is 0.256 e. The molecule has 0 aliphatic carbocycles. The summed E-state index contributed by atoms with van der Waals surface area (Å²) in [5, 5.41) is 0. The van der Waals surface area contributed by atoms with Crippen LogP contribution in [0, 0.1) is 5.82 Å². The Morgan fingerprint density at radius 3 is 2.75 bits per heavy atom. The Hall–Kier alpha value is -0.900. The molecule has 0 bridgehead atoms. The third kappa shape index (κ3) is 3.30. The molecular formula is C12H15BrFNO. The van der Waals surface area contributed by atoms with E-state index in [9.17, 15) is 9.18 Å². The molecule has 0 radical (unpaired) electrons. The van der Waals surface area contributed by atoms with Gasteiger partial charge in [-0.3, -0.25) is 4.79 Å². The van der Waals surface area contributed by atoms with Crippen LogP contribution in [0.3, 0.4) is 0 Å². The van der Waals surface area contributed by atoms with Crippen LogP contribution in [-0.4, -0.2) is 24.4 Å². The molecule has 0 saturated heterocycles. The Morgan fingerprint density at radius 2 is 2.19 bits per heavy atom. The minimum atomic E-state index is -0.484. The number of carbonyl (C=O) groups excluding carboxylic acids is 1. The van der Waals surface area contributed by atoms with Gasteiger partial charge in [-0.05, 0) is 24.6 Å². The molecule has 0 aliphatic heterocycles. The molecule has 1 aromatic rings. The van der Waals surface area contributed by atoms with Crippen LogP contribution in [0.4, 0.5) is 4.39 Å². The number of carbonyl (C=O) groups is 1. The number of unbranched alkanes of at least 4 members (excludes halogenated alkanes) is 1. The average molecular weight is 288 g/mol. The largest absolute Gasteiger partial charge is 0.342 e. The van der Waals surface area contributed by atoms with E-state index in [1.807, 2.05) is 0 Å². The van der Waals surface area contributed by atoms with Crippen LogP contribution in [0.2, 0.25) is 0 Å². The van der Waals surface area contributed by atoms with Gasteiger partial charge in [-0.15, -0.1) is 0 Å². The molecule has 0 heterocycles. The zero-order chi connectivity index (χ0) is 12.1. The lowest BCUT2D eigenvalue weighted by Gasteiger charge is -2.17. The molecule has 0 atom stereocenters. The lowest BCUT2D eigenvalue weighted by atomic mass is 10.2. The van der Waals surface area contributed by atoms with Gasteiger partial charge >= 0.3 is 0 Å². The Bertz CT molecular complexity index is 381. The highest BCUT2D eigenvalue weighted by atomic mass is 79.9. The van der Waals surface area contributed by atoms with E-state index in [-0.39, 0.29) is 11.5 Å². The zero-order valence-electron chi connectivity index (χ0n) is 9.46. The summed E-state index contributed by atoms with van der Waals surface area (Å²) < 4.78 is 14.1. The Labute approximate surface area is 104 Å². The van der Waals surface area contributed by atoms with Crippen LogP contribution in [-0.2, 0) is 0 Å². The van der Waals surface area contributed by atoms with Crippen molar-refractivity contribution in [1.82, 2.24) is 4.90 Å². The van der Waals surface area contributed by atoms with E-state index < -0.39 is 5.82 Å². The molecule has 0 unspecified atom stereocenters. The van der Waals surface area contributed by atoms with E-state index in [1.165, 1.54) is 12.1 Å². The summed E-state index contributed by atoms with van der Waals surface area (Å²) in [6.45, 7) is 2.71. The van der Waals surface area contributed by atoms with Gasteiger partial charge in [0.25, 0.3) is 5.91 Å². The summed E-state index contributed by atoms with van der Waals surface area (Å²) in [7, 11) is 1.69. The van der Waals surface area contributed by atoms with Crippen LogP contribution in [0.1, 0.15) is 30.1 Å². The van der Waals surface area contributed by atoms with Crippen molar-refractivity contribution in [3.8, 4) is 0 Å². The second-order valence-electron chi connectivity index (χ2n) is 3.70. The normalized spacial score (nSPS) is 10.2. The van der Waals surface area contributed by atoms with Gasteiger partial charge in [0.15, 0.2) is 0 Å². The van der Waals surface area contributed by atoms with Crippen molar-refractivity contribution in [3.63, 3.8) is 0 Å². The first-order valence-corrected chi connectivity index (χ1v) is 6.06. The standard InChI is InChI=1S/C12H15BrFNO/c1-3-4-7-15(2)12(16)10-6-5-9(13)8-11(10)14/h5-6,8H,3-4,7H2,1-2H3. The highest BCUT2D eigenvalue weighted by Gasteiger charge is 2.15. The molecular weight excluding hydrogens is 273 g/mol. The van der Waals surface area contributed by atoms with Gasteiger partial charge in [-0.1, -0.05) is 29.3 Å². The molecule has 1 aromatic carbocycles. The van der Waals surface area contributed by atoms with Crippen LogP contribution >= 0.6 is 15.9 Å². The molecule has 88 valence electrons. The van der Waals surface area contributed by atoms with Gasteiger partial charge in [-0.2, -0.15) is 0 Å². The number of benzene rings is 1. The fourth-order valence-electron chi connectivity index (χ4n) is 1.37. The Kier molecular flexibility index (Phi) is 4.93. The topological polar surface area (TPSA) is 20.3 Å². The van der Waals surface area contributed by atoms with Crippen molar-refractivity contribution in [2.24, 2.45) is 0 Å². The van der Waals surface area contributed by atoms with Crippen LogP contribution < -0.4 is 0 Å². The quantitative estimate of drug-likeness (QED) is 0.831. The smallest absolute Gasteiger partial charge is 0.256 e. The van der Waals surface area contributed by atoms with Gasteiger partial charge in [0.05, 0.1) is 5.56 Å². The van der Waals surface area contributed by atoms with Gasteiger partial charge in [-0.25, -0.2) is 4.39 Å². The number of rotatable bonds is 4. The Balaban J connectivity index is 2.79. The molecule has 0 spiro atoms. The molecule has 0 fully saturated rings. The first-order valence-electron chi connectivity index (χ1n) is 5.26. The maximum absolute atomic E-state index is 13.5. The van der Waals surface area contributed by atoms with Crippen LogP contribution in [0.25, 0.3) is 0 Å². The summed E-state index contributed by atoms with van der Waals surface area (Å²) in [5.41, 5.74) is 0.127. The van der Waals surface area contributed by atoms with Gasteiger partial charge in [0.1, 0.15) is 5.82 Å². The molecule has 1 rings (SSSR count). The van der Waals surface area contributed by atoms with Crippen molar-refractivity contribution in [2.45, 2.75) is 19.8 Å². The second kappa shape index (κ2) is 5.99. The molecule has 0 N–H and O–H groups in total. The van der Waals surface area contributed by atoms with Crippen LogP contribution in [0.15, 0.2) is 22.7 Å². The molecule has 0 saturated carbocycles. The number of amides is 1. The lowest BCUT2D eigenvalue weighted by molar-refractivity contribution is 0.0788. The predicted molar refractivity (Wildman–Crippen MR) is 66.0 cm³/mol. The third-order valence-corrected chi connectivity index (χ3v) is 2.85. The summed E-state index contributed by atoms with van der Waals surface area (Å²) in [6, 6.07) is 4.48. The molecule has 0 aromatic heterocycles. The van der Waals surface area contributed by atoms with Gasteiger partial charge < -0.3 is 4.90 Å². The van der Waals surface area contributed by atoms with E-state index in [2.05, 4.69) is 22.9 Å². The molecule has 2 nitrogen and oxygen atoms in total. The van der Waals surface area contributed by atoms with Crippen molar-refractivity contribution in [3.05, 3.63) is 34.1 Å². The second-order valence-corrected chi connectivity index (χ2v) is 4.62. The highest BCUT2D eigenvalue weighted by molar-refractivity contribution is 9.10. The van der Waals surface area contributed by atoms with E-state index in [0.29, 0.717) is 11.0 Å². The summed E-state index contributed by atoms with van der Waals surface area (Å²) in [4.78, 5) is 13.4. The maximum atomic E-state index is 13.5. The van der Waals surface area contributed by atoms with Gasteiger partial charge in [0, 0.05) is 18.1 Å². The monoisotopic (exact) mass is 287 g/mol. The van der Waals surface area contributed by atoms with E-state index in [1.54, 1.807) is 18.0 Å². The van der Waals surface area contributed by atoms with Gasteiger partial charge in [0.2, 0.25) is 0 Å². The average Bonchev–Trinajstić information content (AvgIpc) is 2.25. The van der Waals surface area contributed by atoms with Crippen molar-refractivity contribution in [1.29, 1.82) is 0 Å². The fourth-order valence-corrected chi connectivity index (χ4v) is 1.70. The van der Waals surface area contributed by atoms with Crippen LogP contribution in [0.5, 0.6) is 0 Å². The molecule has 4 heteroatoms.